The molecule has 2 heteroatoms. The van der Waals surface area contributed by atoms with Gasteiger partial charge in [0.1, 0.15) is 4.99 Å². The van der Waals surface area contributed by atoms with Crippen LogP contribution in [0.5, 0.6) is 0 Å². The Bertz CT molecular complexity index is 827. The topological polar surface area (TPSA) is 3.24 Å². The number of benzene rings is 3. The van der Waals surface area contributed by atoms with Crippen molar-refractivity contribution in [3.63, 3.8) is 0 Å². The van der Waals surface area contributed by atoms with Crippen molar-refractivity contribution in [3.8, 4) is 0 Å². The lowest BCUT2D eigenvalue weighted by Gasteiger charge is -2.36. The van der Waals surface area contributed by atoms with Gasteiger partial charge in [-0.25, -0.2) is 0 Å². The van der Waals surface area contributed by atoms with E-state index in [2.05, 4.69) is 83.8 Å². The molecule has 3 aromatic rings. The summed E-state index contributed by atoms with van der Waals surface area (Å²) in [4.78, 5) is 3.17. The van der Waals surface area contributed by atoms with Crippen LogP contribution in [-0.4, -0.2) is 11.5 Å². The lowest BCUT2D eigenvalue weighted by atomic mass is 9.84. The van der Waals surface area contributed by atoms with E-state index in [-0.39, 0.29) is 0 Å². The molecule has 4 rings (SSSR count). The Hall–Kier alpha value is -2.45. The van der Waals surface area contributed by atoms with E-state index in [9.17, 15) is 0 Å². The quantitative estimate of drug-likeness (QED) is 0.611. The zero-order valence-electron chi connectivity index (χ0n) is 12.7. The number of anilines is 1. The number of fused-ring (bicyclic) bond motifs is 1. The molecule has 112 valence electrons. The minimum Gasteiger partial charge on any atom is -0.331 e. The Balaban J connectivity index is 1.84. The van der Waals surface area contributed by atoms with Crippen LogP contribution in [0.25, 0.3) is 0 Å². The van der Waals surface area contributed by atoms with E-state index in [1.165, 1.54) is 16.7 Å². The molecule has 0 aromatic heterocycles. The van der Waals surface area contributed by atoms with Crippen LogP contribution in [0.15, 0.2) is 84.9 Å². The molecule has 0 bridgehead atoms. The molecular formula is C21H17NS. The maximum absolute atomic E-state index is 5.79. The second kappa shape index (κ2) is 5.98. The van der Waals surface area contributed by atoms with Gasteiger partial charge in [0.2, 0.25) is 0 Å². The molecule has 1 aliphatic heterocycles. The van der Waals surface area contributed by atoms with Crippen LogP contribution in [-0.2, 0) is 0 Å². The number of rotatable bonds is 2. The third kappa shape index (κ3) is 2.55. The number of hydrogen-bond donors (Lipinski definition) is 0. The summed E-state index contributed by atoms with van der Waals surface area (Å²) in [6.45, 7) is 0.879. The fraction of sp³-hybridized carbons (Fsp3) is 0.0952. The van der Waals surface area contributed by atoms with Gasteiger partial charge in [0.15, 0.2) is 0 Å². The average molecular weight is 315 g/mol. The first kappa shape index (κ1) is 14.2. The van der Waals surface area contributed by atoms with E-state index in [4.69, 9.17) is 12.2 Å². The molecule has 0 fully saturated rings. The zero-order chi connectivity index (χ0) is 15.6. The van der Waals surface area contributed by atoms with Gasteiger partial charge in [-0.2, -0.15) is 0 Å². The molecule has 1 atom stereocenters. The highest BCUT2D eigenvalue weighted by Crippen LogP contribution is 2.35. The van der Waals surface area contributed by atoms with E-state index in [0.717, 1.165) is 17.2 Å². The summed E-state index contributed by atoms with van der Waals surface area (Å²) in [7, 11) is 0. The molecule has 1 nitrogen and oxygen atoms in total. The highest BCUT2D eigenvalue weighted by Gasteiger charge is 2.30. The minimum atomic E-state index is 0.333. The van der Waals surface area contributed by atoms with Crippen LogP contribution in [0.1, 0.15) is 22.6 Å². The van der Waals surface area contributed by atoms with Gasteiger partial charge >= 0.3 is 0 Å². The summed E-state index contributed by atoms with van der Waals surface area (Å²) in [6, 6.07) is 29.7. The first-order valence-corrected chi connectivity index (χ1v) is 8.26. The van der Waals surface area contributed by atoms with Crippen molar-refractivity contribution < 1.29 is 0 Å². The fourth-order valence-electron chi connectivity index (χ4n) is 3.31. The third-order valence-corrected chi connectivity index (χ3v) is 4.89. The van der Waals surface area contributed by atoms with E-state index in [1.54, 1.807) is 0 Å². The maximum Gasteiger partial charge on any atom is 0.113 e. The normalized spacial score (nSPS) is 17.0. The van der Waals surface area contributed by atoms with Gasteiger partial charge in [0, 0.05) is 23.7 Å². The molecule has 1 unspecified atom stereocenters. The monoisotopic (exact) mass is 315 g/mol. The SMILES string of the molecule is S=C1c2ccccc2C(c2ccccc2)CN1c1ccccc1. The summed E-state index contributed by atoms with van der Waals surface area (Å²) in [5.74, 6) is 0.333. The number of para-hydroxylation sites is 1. The van der Waals surface area contributed by atoms with E-state index in [0.29, 0.717) is 5.92 Å². The lowest BCUT2D eigenvalue weighted by molar-refractivity contribution is 0.787. The van der Waals surface area contributed by atoms with Crippen LogP contribution in [0.2, 0.25) is 0 Å². The summed E-state index contributed by atoms with van der Waals surface area (Å²) in [5.41, 5.74) is 5.00. The zero-order valence-corrected chi connectivity index (χ0v) is 13.5. The van der Waals surface area contributed by atoms with Crippen molar-refractivity contribution in [1.82, 2.24) is 0 Å². The molecule has 0 amide bonds. The van der Waals surface area contributed by atoms with Crippen LogP contribution >= 0.6 is 12.2 Å². The number of nitrogens with zero attached hydrogens (tertiary/aromatic N) is 1. The van der Waals surface area contributed by atoms with Gasteiger partial charge in [-0.15, -0.1) is 0 Å². The van der Waals surface area contributed by atoms with Gasteiger partial charge in [0.05, 0.1) is 0 Å². The summed E-state index contributed by atoms with van der Waals surface area (Å²) in [5, 5.41) is 0. The second-order valence-electron chi connectivity index (χ2n) is 5.80. The smallest absolute Gasteiger partial charge is 0.113 e. The Kier molecular flexibility index (Phi) is 3.68. The lowest BCUT2D eigenvalue weighted by Crippen LogP contribution is -2.39. The van der Waals surface area contributed by atoms with Crippen LogP contribution in [0, 0.1) is 0 Å². The Morgan fingerprint density at radius 1 is 0.739 bits per heavy atom. The van der Waals surface area contributed by atoms with Crippen LogP contribution in [0.4, 0.5) is 5.69 Å². The summed E-state index contributed by atoms with van der Waals surface area (Å²) < 4.78 is 0. The predicted molar refractivity (Wildman–Crippen MR) is 100 cm³/mol. The largest absolute Gasteiger partial charge is 0.331 e. The second-order valence-corrected chi connectivity index (χ2v) is 6.19. The first-order chi connectivity index (χ1) is 11.3. The van der Waals surface area contributed by atoms with Gasteiger partial charge in [-0.3, -0.25) is 0 Å². The van der Waals surface area contributed by atoms with Gasteiger partial charge in [0.25, 0.3) is 0 Å². The average Bonchev–Trinajstić information content (AvgIpc) is 2.64. The highest BCUT2D eigenvalue weighted by molar-refractivity contribution is 7.81. The summed E-state index contributed by atoms with van der Waals surface area (Å²) >= 11 is 5.79. The van der Waals surface area contributed by atoms with Crippen molar-refractivity contribution >= 4 is 22.9 Å². The predicted octanol–water partition coefficient (Wildman–Crippen LogP) is 5.01. The Morgan fingerprint density at radius 2 is 1.35 bits per heavy atom. The first-order valence-electron chi connectivity index (χ1n) is 7.85. The molecule has 1 heterocycles. The molecule has 0 N–H and O–H groups in total. The summed E-state index contributed by atoms with van der Waals surface area (Å²) in [6.07, 6.45) is 0. The highest BCUT2D eigenvalue weighted by atomic mass is 32.1. The van der Waals surface area contributed by atoms with Crippen molar-refractivity contribution in [1.29, 1.82) is 0 Å². The van der Waals surface area contributed by atoms with Crippen LogP contribution < -0.4 is 4.90 Å². The molecule has 0 radical (unpaired) electrons. The molecule has 23 heavy (non-hydrogen) atoms. The molecule has 0 spiro atoms. The Morgan fingerprint density at radius 3 is 2.09 bits per heavy atom. The van der Waals surface area contributed by atoms with Crippen molar-refractivity contribution in [3.05, 3.63) is 102 Å². The Labute approximate surface area is 142 Å². The minimum absolute atomic E-state index is 0.333. The van der Waals surface area contributed by atoms with Gasteiger partial charge in [-0.1, -0.05) is 85.0 Å². The van der Waals surface area contributed by atoms with Gasteiger partial charge < -0.3 is 4.90 Å². The van der Waals surface area contributed by atoms with Crippen molar-refractivity contribution in [2.45, 2.75) is 5.92 Å². The standard InChI is InChI=1S/C21H17NS/c23-21-19-14-8-7-13-18(19)20(16-9-3-1-4-10-16)15-22(21)17-11-5-2-6-12-17/h1-14,20H,15H2. The molecule has 1 aliphatic rings. The molecular weight excluding hydrogens is 298 g/mol. The van der Waals surface area contributed by atoms with Crippen molar-refractivity contribution in [2.24, 2.45) is 0 Å². The number of hydrogen-bond acceptors (Lipinski definition) is 1. The fourth-order valence-corrected chi connectivity index (χ4v) is 3.67. The van der Waals surface area contributed by atoms with Gasteiger partial charge in [-0.05, 0) is 23.3 Å². The van der Waals surface area contributed by atoms with Crippen molar-refractivity contribution in [2.75, 3.05) is 11.4 Å². The molecule has 0 aliphatic carbocycles. The van der Waals surface area contributed by atoms with E-state index in [1.807, 2.05) is 6.07 Å². The van der Waals surface area contributed by atoms with E-state index >= 15 is 0 Å². The third-order valence-electron chi connectivity index (χ3n) is 4.45. The van der Waals surface area contributed by atoms with E-state index < -0.39 is 0 Å². The van der Waals surface area contributed by atoms with Crippen LogP contribution in [0.3, 0.4) is 0 Å². The molecule has 0 saturated carbocycles. The number of thiocarbonyl (C=S) groups is 1. The molecule has 0 saturated heterocycles. The maximum atomic E-state index is 5.79. The molecule has 3 aromatic carbocycles.